The molecule has 0 fully saturated rings. The Hall–Kier alpha value is -2.62. The zero-order chi connectivity index (χ0) is 34.3. The van der Waals surface area contributed by atoms with Gasteiger partial charge >= 0.3 is 19.5 Å². The summed E-state index contributed by atoms with van der Waals surface area (Å²) in [7, 11) is -1.67. The van der Waals surface area contributed by atoms with Gasteiger partial charge in [-0.05, 0) is 139 Å². The minimum atomic E-state index is -0.837. The molecule has 0 aromatic heterocycles. The summed E-state index contributed by atoms with van der Waals surface area (Å²) in [6.45, 7) is 22.6. The summed E-state index contributed by atoms with van der Waals surface area (Å²) in [5.74, 6) is 0. The van der Waals surface area contributed by atoms with Crippen LogP contribution in [0.3, 0.4) is 0 Å². The molecule has 6 aromatic carbocycles. The average Bonchev–Trinajstić information content (AvgIpc) is 2.96. The Bertz CT molecular complexity index is 1830. The van der Waals surface area contributed by atoms with Crippen LogP contribution in [0.4, 0.5) is 0 Å². The molecule has 0 radical (unpaired) electrons. The van der Waals surface area contributed by atoms with Gasteiger partial charge in [-0.3, -0.25) is 0 Å². The van der Waals surface area contributed by atoms with Crippen LogP contribution in [-0.4, -0.2) is 0 Å². The van der Waals surface area contributed by atoms with Crippen LogP contribution in [0, 0.1) is 69.2 Å². The molecule has 0 aliphatic heterocycles. The van der Waals surface area contributed by atoms with Crippen LogP contribution >= 0.6 is 15.8 Å². The Labute approximate surface area is 335 Å². The van der Waals surface area contributed by atoms with Crippen molar-refractivity contribution in [2.75, 3.05) is 0 Å². The summed E-state index contributed by atoms with van der Waals surface area (Å²) in [4.78, 5) is 0. The Kier molecular flexibility index (Phi) is 15.1. The van der Waals surface area contributed by atoms with Crippen molar-refractivity contribution in [3.05, 3.63) is 165 Å². The number of halogens is 2. The molecule has 0 spiro atoms. The molecule has 0 nitrogen and oxygen atoms in total. The Morgan fingerprint density at radius 1 is 0.314 bits per heavy atom. The summed E-state index contributed by atoms with van der Waals surface area (Å²) in [6, 6.07) is 42.7. The molecular weight excluding hydrogens is 786 g/mol. The maximum atomic E-state index is 2.43. The van der Waals surface area contributed by atoms with Crippen molar-refractivity contribution in [3.63, 3.8) is 0 Å². The molecule has 0 N–H and O–H groups in total. The quantitative estimate of drug-likeness (QED) is 0.169. The van der Waals surface area contributed by atoms with E-state index < -0.39 is 15.8 Å². The standard InChI is InChI=1S/C46H48P2.2ClH.Ru/c1-29-17-30(2)22-39(21-29)47(40-23-31(3)18-32(4)24-40)43-15-11-13-37(9)45(43)46-38(10)14-12-16-44(46)48(41-25-33(5)19-34(6)26-41)42-27-35(7)20-36(8)28-42;;;/h11-28H,1-10H3;2*1H;/q;;;+2/p-2. The Balaban J connectivity index is 0.00000234. The number of hydrogen-bond acceptors (Lipinski definition) is 0. The van der Waals surface area contributed by atoms with Crippen LogP contribution in [0.15, 0.2) is 109 Å². The molecular formula is C46H48Cl2P2Ru. The van der Waals surface area contributed by atoms with E-state index in [1.165, 1.54) is 98.6 Å². The van der Waals surface area contributed by atoms with Gasteiger partial charge in [0.05, 0.1) is 0 Å². The molecule has 0 aliphatic rings. The van der Waals surface area contributed by atoms with Gasteiger partial charge in [-0.15, -0.1) is 0 Å². The van der Waals surface area contributed by atoms with Crippen molar-refractivity contribution in [2.45, 2.75) is 69.2 Å². The van der Waals surface area contributed by atoms with Crippen LogP contribution in [-0.2, 0) is 19.5 Å². The largest absolute Gasteiger partial charge is 2.00 e. The third-order valence-corrected chi connectivity index (χ3v) is 13.9. The third kappa shape index (κ3) is 9.49. The number of rotatable bonds is 7. The average molecular weight is 835 g/mol. The number of aryl methyl sites for hydroxylation is 10. The van der Waals surface area contributed by atoms with E-state index in [9.17, 15) is 0 Å². The number of hydrogen-bond donors (Lipinski definition) is 0. The molecule has 0 unspecified atom stereocenters. The van der Waals surface area contributed by atoms with E-state index in [2.05, 4.69) is 178 Å². The van der Waals surface area contributed by atoms with Gasteiger partial charge in [0.1, 0.15) is 0 Å². The van der Waals surface area contributed by atoms with Crippen LogP contribution in [0.2, 0.25) is 0 Å². The second-order valence-corrected chi connectivity index (χ2v) is 18.4. The minimum Gasteiger partial charge on any atom is -1.00 e. The van der Waals surface area contributed by atoms with Gasteiger partial charge in [-0.1, -0.05) is 154 Å². The van der Waals surface area contributed by atoms with Gasteiger partial charge < -0.3 is 24.8 Å². The SMILES string of the molecule is Cc1cc(C)cc(P(c2cc(C)cc(C)c2)c2cccc(C)c2-c2c(C)cccc2P(c2cc(C)cc(C)c2)c2cc(C)cc(C)c2)c1.[Cl-].[Cl-].[Ru+2]. The zero-order valence-corrected chi connectivity index (χ0v) is 36.4. The van der Waals surface area contributed by atoms with Gasteiger partial charge in [0.25, 0.3) is 0 Å². The summed E-state index contributed by atoms with van der Waals surface area (Å²) in [5.41, 5.74) is 16.0. The van der Waals surface area contributed by atoms with E-state index in [4.69, 9.17) is 0 Å². The van der Waals surface area contributed by atoms with Crippen molar-refractivity contribution < 1.29 is 44.3 Å². The van der Waals surface area contributed by atoms with E-state index in [1.807, 2.05) is 0 Å². The molecule has 0 saturated heterocycles. The van der Waals surface area contributed by atoms with Gasteiger partial charge in [-0.2, -0.15) is 0 Å². The summed E-state index contributed by atoms with van der Waals surface area (Å²) < 4.78 is 0. The molecule has 6 rings (SSSR count). The normalized spacial score (nSPS) is 10.8. The van der Waals surface area contributed by atoms with E-state index in [-0.39, 0.29) is 44.3 Å². The van der Waals surface area contributed by atoms with Gasteiger partial charge in [0, 0.05) is 0 Å². The smallest absolute Gasteiger partial charge is 1.00 e. The second kappa shape index (κ2) is 17.9. The first kappa shape index (κ1) is 42.8. The fraction of sp³-hybridized carbons (Fsp3) is 0.217. The third-order valence-electron chi connectivity index (χ3n) is 9.09. The zero-order valence-electron chi connectivity index (χ0n) is 31.4. The van der Waals surface area contributed by atoms with Crippen molar-refractivity contribution in [1.29, 1.82) is 0 Å². The van der Waals surface area contributed by atoms with Crippen LogP contribution in [0.5, 0.6) is 0 Å². The molecule has 264 valence electrons. The first-order chi connectivity index (χ1) is 22.9. The molecule has 0 aliphatic carbocycles. The van der Waals surface area contributed by atoms with Gasteiger partial charge in [0.15, 0.2) is 0 Å². The molecule has 5 heteroatoms. The topological polar surface area (TPSA) is 0 Å². The predicted molar refractivity (Wildman–Crippen MR) is 217 cm³/mol. The first-order valence-corrected chi connectivity index (χ1v) is 19.7. The Morgan fingerprint density at radius 3 is 0.745 bits per heavy atom. The van der Waals surface area contributed by atoms with Crippen molar-refractivity contribution >= 4 is 47.7 Å². The summed E-state index contributed by atoms with van der Waals surface area (Å²) in [5, 5.41) is 8.54. The first-order valence-electron chi connectivity index (χ1n) is 17.0. The summed E-state index contributed by atoms with van der Waals surface area (Å²) in [6.07, 6.45) is 0. The van der Waals surface area contributed by atoms with Crippen LogP contribution in [0.25, 0.3) is 11.1 Å². The minimum absolute atomic E-state index is 0. The molecule has 6 aromatic rings. The fourth-order valence-electron chi connectivity index (χ4n) is 7.50. The Morgan fingerprint density at radius 2 is 0.529 bits per heavy atom. The molecule has 0 heterocycles. The molecule has 0 saturated carbocycles. The van der Waals surface area contributed by atoms with E-state index in [1.54, 1.807) is 0 Å². The second-order valence-electron chi connectivity index (χ2n) is 14.0. The van der Waals surface area contributed by atoms with Crippen molar-refractivity contribution in [1.82, 2.24) is 0 Å². The van der Waals surface area contributed by atoms with Gasteiger partial charge in [0.2, 0.25) is 0 Å². The van der Waals surface area contributed by atoms with E-state index in [0.29, 0.717) is 0 Å². The number of benzene rings is 6. The van der Waals surface area contributed by atoms with Crippen molar-refractivity contribution in [2.24, 2.45) is 0 Å². The van der Waals surface area contributed by atoms with Crippen molar-refractivity contribution in [3.8, 4) is 11.1 Å². The van der Waals surface area contributed by atoms with Gasteiger partial charge in [-0.25, -0.2) is 0 Å². The van der Waals surface area contributed by atoms with Crippen LogP contribution < -0.4 is 56.6 Å². The molecule has 0 amide bonds. The van der Waals surface area contributed by atoms with Crippen LogP contribution in [0.1, 0.15) is 55.6 Å². The maximum absolute atomic E-state index is 2.43. The molecule has 0 bridgehead atoms. The van der Waals surface area contributed by atoms with E-state index >= 15 is 0 Å². The predicted octanol–water partition coefficient (Wildman–Crippen LogP) is 3.96. The fourth-order valence-corrected chi connectivity index (χ4v) is 13.4. The molecule has 51 heavy (non-hydrogen) atoms. The molecule has 0 atom stereocenters. The maximum Gasteiger partial charge on any atom is 2.00 e. The monoisotopic (exact) mass is 834 g/mol. The summed E-state index contributed by atoms with van der Waals surface area (Å²) >= 11 is 0. The van der Waals surface area contributed by atoms with E-state index in [0.717, 1.165) is 0 Å².